The van der Waals surface area contributed by atoms with E-state index in [0.29, 0.717) is 16.6 Å². The molecule has 2 heterocycles. The molecule has 0 saturated heterocycles. The molecule has 0 aliphatic rings. The van der Waals surface area contributed by atoms with Crippen LogP contribution in [-0.4, -0.2) is 15.6 Å². The molecule has 0 saturated carbocycles. The van der Waals surface area contributed by atoms with Crippen LogP contribution in [0.25, 0.3) is 26.3 Å². The zero-order valence-electron chi connectivity index (χ0n) is 13.6. The average molecular weight is 383 g/mol. The average Bonchev–Trinajstić information content (AvgIpc) is 3.05. The van der Waals surface area contributed by atoms with E-state index in [1.165, 1.54) is 22.0 Å². The lowest BCUT2D eigenvalue weighted by atomic mass is 10.1. The Morgan fingerprint density at radius 1 is 1.04 bits per heavy atom. The number of carboxylic acids is 1. The molecule has 4 nitrogen and oxygen atoms in total. The molecular formula is C20H11F2NO3S. The van der Waals surface area contributed by atoms with E-state index in [1.807, 2.05) is 30.3 Å². The smallest absolute Gasteiger partial charge is 0.341 e. The summed E-state index contributed by atoms with van der Waals surface area (Å²) in [6, 6.07) is 13.6. The van der Waals surface area contributed by atoms with Crippen LogP contribution in [0.1, 0.15) is 10.4 Å². The number of carboxylic acid groups (broad SMARTS) is 1. The summed E-state index contributed by atoms with van der Waals surface area (Å²) in [4.78, 5) is 24.3. The van der Waals surface area contributed by atoms with Gasteiger partial charge in [-0.1, -0.05) is 18.2 Å². The summed E-state index contributed by atoms with van der Waals surface area (Å²) < 4.78 is 29.9. The fourth-order valence-corrected chi connectivity index (χ4v) is 3.94. The van der Waals surface area contributed by atoms with Crippen LogP contribution in [0.5, 0.6) is 0 Å². The lowest BCUT2D eigenvalue weighted by molar-refractivity contribution is 0.0695. The Balaban J connectivity index is 2.04. The Bertz CT molecular complexity index is 1230. The normalized spacial score (nSPS) is 11.0. The summed E-state index contributed by atoms with van der Waals surface area (Å²) >= 11 is 1.39. The van der Waals surface area contributed by atoms with Crippen molar-refractivity contribution >= 4 is 27.4 Å². The number of hydrogen-bond acceptors (Lipinski definition) is 3. The van der Waals surface area contributed by atoms with Gasteiger partial charge in [-0.3, -0.25) is 4.79 Å². The van der Waals surface area contributed by atoms with Crippen LogP contribution in [0.3, 0.4) is 0 Å². The van der Waals surface area contributed by atoms with Crippen molar-refractivity contribution < 1.29 is 18.7 Å². The number of aromatic nitrogens is 1. The first-order chi connectivity index (χ1) is 12.9. The van der Waals surface area contributed by atoms with E-state index in [4.69, 9.17) is 0 Å². The number of thiophene rings is 1. The minimum atomic E-state index is -1.42. The summed E-state index contributed by atoms with van der Waals surface area (Å²) in [7, 11) is 0. The maximum atomic E-state index is 14.4. The highest BCUT2D eigenvalue weighted by Gasteiger charge is 2.18. The van der Waals surface area contributed by atoms with Crippen LogP contribution in [0.15, 0.2) is 65.6 Å². The molecule has 0 aliphatic heterocycles. The number of fused-ring (bicyclic) bond motifs is 1. The second kappa shape index (κ2) is 6.44. The second-order valence-electron chi connectivity index (χ2n) is 5.86. The first-order valence-electron chi connectivity index (χ1n) is 7.88. The Labute approximate surface area is 155 Å². The van der Waals surface area contributed by atoms with Gasteiger partial charge in [0, 0.05) is 23.0 Å². The van der Waals surface area contributed by atoms with Gasteiger partial charge in [-0.15, -0.1) is 11.3 Å². The van der Waals surface area contributed by atoms with Crippen LogP contribution in [-0.2, 0) is 0 Å². The van der Waals surface area contributed by atoms with Crippen molar-refractivity contribution in [3.63, 3.8) is 0 Å². The lowest BCUT2D eigenvalue weighted by Gasteiger charge is -2.14. The van der Waals surface area contributed by atoms with Crippen molar-refractivity contribution in [2.24, 2.45) is 0 Å². The van der Waals surface area contributed by atoms with Gasteiger partial charge in [-0.05, 0) is 29.7 Å². The van der Waals surface area contributed by atoms with Crippen molar-refractivity contribution in [2.45, 2.75) is 0 Å². The minimum Gasteiger partial charge on any atom is -0.477 e. The Morgan fingerprint density at radius 2 is 1.81 bits per heavy atom. The van der Waals surface area contributed by atoms with E-state index >= 15 is 0 Å². The fraction of sp³-hybridized carbons (Fsp3) is 0. The van der Waals surface area contributed by atoms with E-state index in [9.17, 15) is 23.5 Å². The van der Waals surface area contributed by atoms with Crippen molar-refractivity contribution in [3.05, 3.63) is 88.2 Å². The molecule has 0 amide bonds. The number of benzene rings is 2. The molecule has 4 rings (SSSR count). The van der Waals surface area contributed by atoms with Gasteiger partial charge < -0.3 is 9.67 Å². The molecule has 0 spiro atoms. The lowest BCUT2D eigenvalue weighted by Crippen LogP contribution is -2.18. The Hall–Kier alpha value is -3.32. The third-order valence-corrected chi connectivity index (χ3v) is 5.27. The molecule has 0 atom stereocenters. The topological polar surface area (TPSA) is 59.3 Å². The number of halogens is 2. The first-order valence-corrected chi connectivity index (χ1v) is 8.70. The summed E-state index contributed by atoms with van der Waals surface area (Å²) in [5, 5.41) is 10.2. The zero-order valence-corrected chi connectivity index (χ0v) is 14.5. The van der Waals surface area contributed by atoms with Gasteiger partial charge in [-0.25, -0.2) is 13.6 Å². The maximum absolute atomic E-state index is 14.4. The highest BCUT2D eigenvalue weighted by molar-refractivity contribution is 7.22. The van der Waals surface area contributed by atoms with E-state index in [2.05, 4.69) is 0 Å². The molecule has 27 heavy (non-hydrogen) atoms. The molecule has 0 unspecified atom stereocenters. The summed E-state index contributed by atoms with van der Waals surface area (Å²) in [6.45, 7) is 0. The molecule has 1 N–H and O–H groups in total. The van der Waals surface area contributed by atoms with Gasteiger partial charge in [0.05, 0.1) is 16.3 Å². The second-order valence-corrected chi connectivity index (χ2v) is 6.94. The predicted octanol–water partition coefficient (Wildman–Crippen LogP) is 4.70. The molecule has 0 radical (unpaired) electrons. The summed E-state index contributed by atoms with van der Waals surface area (Å²) in [6.07, 6.45) is 1.07. The number of carbonyl (C=O) groups is 1. The van der Waals surface area contributed by atoms with Crippen LogP contribution in [0.2, 0.25) is 0 Å². The van der Waals surface area contributed by atoms with Gasteiger partial charge in [0.25, 0.3) is 0 Å². The summed E-state index contributed by atoms with van der Waals surface area (Å²) in [5.74, 6) is -3.03. The molecule has 2 aromatic heterocycles. The molecule has 134 valence electrons. The summed E-state index contributed by atoms with van der Waals surface area (Å²) in [5.41, 5.74) is -0.902. The number of rotatable bonds is 3. The molecule has 7 heteroatoms. The number of hydrogen-bond donors (Lipinski definition) is 1. The van der Waals surface area contributed by atoms with Gasteiger partial charge >= 0.3 is 5.97 Å². The van der Waals surface area contributed by atoms with Crippen LogP contribution < -0.4 is 5.43 Å². The highest BCUT2D eigenvalue weighted by atomic mass is 32.1. The van der Waals surface area contributed by atoms with Gasteiger partial charge in [0.1, 0.15) is 17.2 Å². The predicted molar refractivity (Wildman–Crippen MR) is 99.7 cm³/mol. The number of pyridine rings is 1. The fourth-order valence-electron chi connectivity index (χ4n) is 2.87. The quantitative estimate of drug-likeness (QED) is 0.558. The van der Waals surface area contributed by atoms with E-state index < -0.39 is 28.6 Å². The van der Waals surface area contributed by atoms with E-state index in [0.717, 1.165) is 28.4 Å². The van der Waals surface area contributed by atoms with Crippen molar-refractivity contribution in [1.29, 1.82) is 0 Å². The van der Waals surface area contributed by atoms with Gasteiger partial charge in [0.15, 0.2) is 5.43 Å². The number of nitrogens with zero attached hydrogens (tertiary/aromatic N) is 1. The first kappa shape index (κ1) is 17.1. The van der Waals surface area contributed by atoms with Crippen molar-refractivity contribution in [1.82, 2.24) is 4.57 Å². The van der Waals surface area contributed by atoms with E-state index in [1.54, 1.807) is 0 Å². The monoisotopic (exact) mass is 383 g/mol. The van der Waals surface area contributed by atoms with Crippen LogP contribution in [0, 0.1) is 11.6 Å². The highest BCUT2D eigenvalue weighted by Crippen LogP contribution is 2.34. The third-order valence-electron chi connectivity index (χ3n) is 4.13. The molecule has 2 aromatic carbocycles. The Morgan fingerprint density at radius 3 is 2.52 bits per heavy atom. The largest absolute Gasteiger partial charge is 0.477 e. The minimum absolute atomic E-state index is 0.0497. The molecule has 0 bridgehead atoms. The van der Waals surface area contributed by atoms with E-state index in [-0.39, 0.29) is 5.69 Å². The van der Waals surface area contributed by atoms with Crippen LogP contribution >= 0.6 is 11.3 Å². The standard InChI is InChI=1S/C20H11F2NO3S/c21-12-5-6-15(14(22)8-12)23-10-13(20(25)26)17(24)9-16(23)19-7-11-3-1-2-4-18(11)27-19/h1-10H,(H,25,26). The molecule has 0 aliphatic carbocycles. The van der Waals surface area contributed by atoms with Crippen LogP contribution in [0.4, 0.5) is 8.78 Å². The third kappa shape index (κ3) is 3.02. The Kier molecular flexibility index (Phi) is 4.08. The van der Waals surface area contributed by atoms with Gasteiger partial charge in [0.2, 0.25) is 0 Å². The van der Waals surface area contributed by atoms with Crippen molar-refractivity contribution in [2.75, 3.05) is 0 Å². The molecular weight excluding hydrogens is 372 g/mol. The number of aromatic carboxylic acids is 1. The zero-order chi connectivity index (χ0) is 19.1. The van der Waals surface area contributed by atoms with Gasteiger partial charge in [-0.2, -0.15) is 0 Å². The molecule has 0 fully saturated rings. The maximum Gasteiger partial charge on any atom is 0.341 e. The SMILES string of the molecule is O=C(O)c1cn(-c2ccc(F)cc2F)c(-c2cc3ccccc3s2)cc1=O. The molecule has 4 aromatic rings. The van der Waals surface area contributed by atoms with Crippen molar-refractivity contribution in [3.8, 4) is 16.3 Å².